The third-order valence-corrected chi connectivity index (χ3v) is 7.90. The normalized spacial score (nSPS) is 15.1. The van der Waals surface area contributed by atoms with Crippen molar-refractivity contribution in [2.75, 3.05) is 10.9 Å². The first-order chi connectivity index (χ1) is 14.9. The number of benzene rings is 2. The SMILES string of the molecule is CCOc1ccc(S(=O)(=O)N(C(=O)C2CCCCC2)c2ccc3oc(=O)sc3c2)cc1. The van der Waals surface area contributed by atoms with Crippen molar-refractivity contribution >= 4 is 43.2 Å². The van der Waals surface area contributed by atoms with Gasteiger partial charge in [0.1, 0.15) is 11.3 Å². The van der Waals surface area contributed by atoms with Gasteiger partial charge in [-0.05, 0) is 62.2 Å². The Morgan fingerprint density at radius 2 is 1.84 bits per heavy atom. The highest BCUT2D eigenvalue weighted by Crippen LogP contribution is 2.33. The summed E-state index contributed by atoms with van der Waals surface area (Å²) in [5.41, 5.74) is 0.566. The van der Waals surface area contributed by atoms with Gasteiger partial charge in [-0.3, -0.25) is 4.79 Å². The maximum Gasteiger partial charge on any atom is 0.396 e. The molecule has 31 heavy (non-hydrogen) atoms. The highest BCUT2D eigenvalue weighted by atomic mass is 32.2. The van der Waals surface area contributed by atoms with E-state index in [2.05, 4.69) is 0 Å². The van der Waals surface area contributed by atoms with Crippen molar-refractivity contribution in [1.29, 1.82) is 0 Å². The molecule has 0 bridgehead atoms. The lowest BCUT2D eigenvalue weighted by Gasteiger charge is -2.29. The molecule has 1 heterocycles. The van der Waals surface area contributed by atoms with E-state index in [1.165, 1.54) is 30.3 Å². The first kappa shape index (κ1) is 21.6. The number of hydrogen-bond acceptors (Lipinski definition) is 7. The number of nitrogens with zero attached hydrogens (tertiary/aromatic N) is 1. The van der Waals surface area contributed by atoms with Crippen molar-refractivity contribution < 1.29 is 22.4 Å². The van der Waals surface area contributed by atoms with Crippen LogP contribution in [0.2, 0.25) is 0 Å². The average Bonchev–Trinajstić information content (AvgIpc) is 3.14. The monoisotopic (exact) mass is 461 g/mol. The number of hydrogen-bond donors (Lipinski definition) is 0. The van der Waals surface area contributed by atoms with E-state index >= 15 is 0 Å². The van der Waals surface area contributed by atoms with E-state index in [0.29, 0.717) is 35.5 Å². The van der Waals surface area contributed by atoms with Gasteiger partial charge in [-0.15, -0.1) is 0 Å². The van der Waals surface area contributed by atoms with Crippen molar-refractivity contribution in [3.05, 3.63) is 52.2 Å². The first-order valence-corrected chi connectivity index (χ1v) is 12.5. The molecule has 0 N–H and O–H groups in total. The van der Waals surface area contributed by atoms with Crippen molar-refractivity contribution in [2.45, 2.75) is 43.9 Å². The van der Waals surface area contributed by atoms with Crippen molar-refractivity contribution in [3.8, 4) is 5.75 Å². The number of carbonyl (C=O) groups excluding carboxylic acids is 1. The van der Waals surface area contributed by atoms with Crippen molar-refractivity contribution in [2.24, 2.45) is 5.92 Å². The molecule has 2 aromatic carbocycles. The molecule has 1 fully saturated rings. The summed E-state index contributed by atoms with van der Waals surface area (Å²) in [7, 11) is -4.17. The lowest BCUT2D eigenvalue weighted by Crippen LogP contribution is -2.41. The Hall–Kier alpha value is -2.65. The Bertz CT molecular complexity index is 1240. The lowest BCUT2D eigenvalue weighted by atomic mass is 9.88. The summed E-state index contributed by atoms with van der Waals surface area (Å²) < 4.78 is 39.1. The summed E-state index contributed by atoms with van der Waals surface area (Å²) in [5.74, 6) is -0.245. The van der Waals surface area contributed by atoms with Gasteiger partial charge in [0, 0.05) is 5.92 Å². The third kappa shape index (κ3) is 4.38. The van der Waals surface area contributed by atoms with Crippen LogP contribution in [-0.4, -0.2) is 20.9 Å². The summed E-state index contributed by atoms with van der Waals surface area (Å²) in [4.78, 5) is 24.6. The van der Waals surface area contributed by atoms with Gasteiger partial charge < -0.3 is 9.15 Å². The molecule has 0 unspecified atom stereocenters. The molecule has 1 aromatic heterocycles. The molecule has 1 saturated carbocycles. The molecule has 1 aliphatic carbocycles. The first-order valence-electron chi connectivity index (χ1n) is 10.3. The molecule has 1 amide bonds. The minimum atomic E-state index is -4.17. The van der Waals surface area contributed by atoms with Crippen LogP contribution in [0.1, 0.15) is 39.0 Å². The molecule has 0 radical (unpaired) electrons. The maximum atomic E-state index is 13.6. The number of fused-ring (bicyclic) bond motifs is 1. The molecule has 0 atom stereocenters. The van der Waals surface area contributed by atoms with Crippen LogP contribution < -0.4 is 14.0 Å². The Kier molecular flexibility index (Phi) is 6.15. The Morgan fingerprint density at radius 3 is 2.52 bits per heavy atom. The van der Waals surface area contributed by atoms with Crippen molar-refractivity contribution in [3.63, 3.8) is 0 Å². The number of sulfonamides is 1. The summed E-state index contributed by atoms with van der Waals surface area (Å²) in [6.07, 6.45) is 4.17. The van der Waals surface area contributed by atoms with Gasteiger partial charge in [0.05, 0.1) is 21.9 Å². The molecule has 0 spiro atoms. The van der Waals surface area contributed by atoms with Gasteiger partial charge >= 0.3 is 4.94 Å². The van der Waals surface area contributed by atoms with E-state index in [1.807, 2.05) is 6.92 Å². The van der Waals surface area contributed by atoms with E-state index < -0.39 is 20.9 Å². The summed E-state index contributed by atoms with van der Waals surface area (Å²) in [6, 6.07) is 10.6. The van der Waals surface area contributed by atoms with Crippen LogP contribution in [0.15, 0.2) is 56.6 Å². The highest BCUT2D eigenvalue weighted by Gasteiger charge is 2.36. The van der Waals surface area contributed by atoms with Crippen LogP contribution >= 0.6 is 11.3 Å². The fourth-order valence-electron chi connectivity index (χ4n) is 3.87. The van der Waals surface area contributed by atoms with E-state index in [9.17, 15) is 18.0 Å². The molecule has 164 valence electrons. The predicted molar refractivity (Wildman–Crippen MR) is 119 cm³/mol. The molecule has 0 saturated heterocycles. The van der Waals surface area contributed by atoms with Gasteiger partial charge in [-0.2, -0.15) is 0 Å². The molecule has 3 aromatic rings. The quantitative estimate of drug-likeness (QED) is 0.534. The van der Waals surface area contributed by atoms with E-state index in [4.69, 9.17) is 9.15 Å². The van der Waals surface area contributed by atoms with E-state index in [-0.39, 0.29) is 16.5 Å². The number of anilines is 1. The van der Waals surface area contributed by atoms with Crippen LogP contribution in [0.4, 0.5) is 5.69 Å². The zero-order valence-corrected chi connectivity index (χ0v) is 18.7. The number of ether oxygens (including phenoxy) is 1. The van der Waals surface area contributed by atoms with Crippen LogP contribution in [0.5, 0.6) is 5.75 Å². The smallest absolute Gasteiger partial charge is 0.396 e. The molecular weight excluding hydrogens is 438 g/mol. The van der Waals surface area contributed by atoms with E-state index in [1.54, 1.807) is 12.1 Å². The molecule has 7 nitrogen and oxygen atoms in total. The van der Waals surface area contributed by atoms with Gasteiger partial charge in [0.25, 0.3) is 10.0 Å². The zero-order valence-electron chi connectivity index (χ0n) is 17.1. The van der Waals surface area contributed by atoms with Crippen molar-refractivity contribution in [1.82, 2.24) is 0 Å². The molecular formula is C22H23NO6S2. The second-order valence-corrected chi connectivity index (χ2v) is 10.2. The topological polar surface area (TPSA) is 93.9 Å². The fourth-order valence-corrected chi connectivity index (χ4v) is 6.04. The Morgan fingerprint density at radius 1 is 1.13 bits per heavy atom. The van der Waals surface area contributed by atoms with Gasteiger partial charge in [0.2, 0.25) is 5.91 Å². The van der Waals surface area contributed by atoms with E-state index in [0.717, 1.165) is 34.9 Å². The third-order valence-electron chi connectivity index (χ3n) is 5.38. The van der Waals surface area contributed by atoms with Gasteiger partial charge in [-0.25, -0.2) is 17.5 Å². The maximum absolute atomic E-state index is 13.6. The number of amides is 1. The predicted octanol–water partition coefficient (Wildman–Crippen LogP) is 4.56. The second-order valence-electron chi connectivity index (χ2n) is 7.43. The summed E-state index contributed by atoms with van der Waals surface area (Å²) in [5, 5.41) is 0. The Balaban J connectivity index is 1.79. The zero-order chi connectivity index (χ0) is 22.0. The standard InChI is InChI=1S/C22H23NO6S2/c1-2-28-17-9-11-18(12-10-17)31(26,27)23(21(24)15-6-4-3-5-7-15)16-8-13-19-20(14-16)30-22(25)29-19/h8-15H,2-7H2,1H3. The Labute approximate surface area is 184 Å². The van der Waals surface area contributed by atoms with Crippen LogP contribution in [0.25, 0.3) is 10.3 Å². The lowest BCUT2D eigenvalue weighted by molar-refractivity contribution is -0.122. The van der Waals surface area contributed by atoms with Gasteiger partial charge in [-0.1, -0.05) is 30.6 Å². The number of rotatable bonds is 6. The summed E-state index contributed by atoms with van der Waals surface area (Å²) >= 11 is 0.873. The van der Waals surface area contributed by atoms with Crippen LogP contribution in [0.3, 0.4) is 0 Å². The van der Waals surface area contributed by atoms with Crippen LogP contribution in [0, 0.1) is 5.92 Å². The average molecular weight is 462 g/mol. The fraction of sp³-hybridized carbons (Fsp3) is 0.364. The minimum Gasteiger partial charge on any atom is -0.494 e. The highest BCUT2D eigenvalue weighted by molar-refractivity contribution is 7.93. The summed E-state index contributed by atoms with van der Waals surface area (Å²) in [6.45, 7) is 2.31. The number of carbonyl (C=O) groups is 1. The molecule has 0 aliphatic heterocycles. The van der Waals surface area contributed by atoms with Crippen LogP contribution in [-0.2, 0) is 14.8 Å². The van der Waals surface area contributed by atoms with Gasteiger partial charge in [0.15, 0.2) is 0 Å². The molecule has 1 aliphatic rings. The largest absolute Gasteiger partial charge is 0.494 e. The second kappa shape index (κ2) is 8.84. The molecule has 4 rings (SSSR count). The minimum absolute atomic E-state index is 0.000547. The molecule has 9 heteroatoms.